The van der Waals surface area contributed by atoms with Gasteiger partial charge < -0.3 is 4.74 Å². The van der Waals surface area contributed by atoms with Crippen LogP contribution in [-0.2, 0) is 6.42 Å². The van der Waals surface area contributed by atoms with E-state index in [9.17, 15) is 17.6 Å². The van der Waals surface area contributed by atoms with E-state index in [1.54, 1.807) is 32.0 Å². The average Bonchev–Trinajstić information content (AvgIpc) is 2.86. The Kier molecular flexibility index (Phi) is 8.21. The highest BCUT2D eigenvalue weighted by atomic mass is 19.2. The van der Waals surface area contributed by atoms with E-state index in [2.05, 4.69) is 0 Å². The minimum atomic E-state index is -0.882. The van der Waals surface area contributed by atoms with Crippen LogP contribution in [0.3, 0.4) is 0 Å². The van der Waals surface area contributed by atoms with Crippen LogP contribution in [0.2, 0.25) is 0 Å². The summed E-state index contributed by atoms with van der Waals surface area (Å²) in [5, 5.41) is 0. The second-order valence-corrected chi connectivity index (χ2v) is 10.3. The third-order valence-electron chi connectivity index (χ3n) is 8.32. The zero-order chi connectivity index (χ0) is 24.2. The fourth-order valence-electron chi connectivity index (χ4n) is 6.22. The molecule has 2 aromatic rings. The lowest BCUT2D eigenvalue weighted by atomic mass is 9.68. The van der Waals surface area contributed by atoms with Crippen molar-refractivity contribution in [2.45, 2.75) is 84.0 Å². The van der Waals surface area contributed by atoms with E-state index in [1.165, 1.54) is 18.9 Å². The number of benzene rings is 2. The van der Waals surface area contributed by atoms with Gasteiger partial charge in [0.25, 0.3) is 0 Å². The molecule has 0 saturated heterocycles. The zero-order valence-electron chi connectivity index (χ0n) is 20.3. The summed E-state index contributed by atoms with van der Waals surface area (Å²) < 4.78 is 62.0. The molecule has 0 spiro atoms. The van der Waals surface area contributed by atoms with E-state index in [0.29, 0.717) is 47.5 Å². The Balaban J connectivity index is 1.24. The van der Waals surface area contributed by atoms with Gasteiger partial charge in [0.05, 0.1) is 6.61 Å². The predicted octanol–water partition coefficient (Wildman–Crippen LogP) is 8.66. The maximum absolute atomic E-state index is 14.4. The van der Waals surface area contributed by atoms with E-state index >= 15 is 0 Å². The largest absolute Gasteiger partial charge is 0.491 e. The summed E-state index contributed by atoms with van der Waals surface area (Å²) in [5.41, 5.74) is 1.34. The number of rotatable bonds is 7. The molecule has 5 heteroatoms. The molecule has 2 saturated carbocycles. The van der Waals surface area contributed by atoms with Crippen molar-refractivity contribution < 1.29 is 22.3 Å². The third-order valence-corrected chi connectivity index (χ3v) is 8.32. The lowest BCUT2D eigenvalue weighted by Gasteiger charge is -2.38. The summed E-state index contributed by atoms with van der Waals surface area (Å²) in [6.45, 7) is 3.66. The summed E-state index contributed by atoms with van der Waals surface area (Å²) in [5.74, 6) is -1.02. The van der Waals surface area contributed by atoms with Gasteiger partial charge in [-0.2, -0.15) is 4.39 Å². The van der Waals surface area contributed by atoms with Gasteiger partial charge in [-0.15, -0.1) is 0 Å². The molecule has 1 nitrogen and oxygen atoms in total. The number of halogens is 4. The van der Waals surface area contributed by atoms with Crippen molar-refractivity contribution >= 4 is 0 Å². The number of aryl methyl sites for hydroxylation is 2. The topological polar surface area (TPSA) is 9.23 Å². The van der Waals surface area contributed by atoms with E-state index in [1.807, 2.05) is 0 Å². The van der Waals surface area contributed by atoms with Crippen LogP contribution in [0.15, 0.2) is 24.3 Å². The molecule has 0 unspecified atom stereocenters. The fourth-order valence-corrected chi connectivity index (χ4v) is 6.22. The maximum Gasteiger partial charge on any atom is 0.200 e. The summed E-state index contributed by atoms with van der Waals surface area (Å²) >= 11 is 0. The molecule has 186 valence electrons. The van der Waals surface area contributed by atoms with Crippen LogP contribution in [0, 0.1) is 47.9 Å². The summed E-state index contributed by atoms with van der Waals surface area (Å²) in [4.78, 5) is 0. The fraction of sp³-hybridized carbons (Fsp3) is 0.586. The van der Waals surface area contributed by atoms with Gasteiger partial charge >= 0.3 is 0 Å². The van der Waals surface area contributed by atoms with E-state index in [4.69, 9.17) is 4.74 Å². The molecule has 34 heavy (non-hydrogen) atoms. The van der Waals surface area contributed by atoms with Crippen LogP contribution in [-0.4, -0.2) is 6.61 Å². The molecule has 0 N–H and O–H groups in total. The molecule has 0 aromatic heterocycles. The zero-order valence-corrected chi connectivity index (χ0v) is 20.3. The van der Waals surface area contributed by atoms with E-state index in [-0.39, 0.29) is 11.7 Å². The van der Waals surface area contributed by atoms with Crippen molar-refractivity contribution in [3.63, 3.8) is 0 Å². The Labute approximate surface area is 200 Å². The molecule has 2 aliphatic carbocycles. The molecule has 0 radical (unpaired) electrons. The van der Waals surface area contributed by atoms with Crippen molar-refractivity contribution in [1.82, 2.24) is 0 Å². The minimum Gasteiger partial charge on any atom is -0.491 e. The van der Waals surface area contributed by atoms with Crippen molar-refractivity contribution in [3.8, 4) is 5.75 Å². The quantitative estimate of drug-likeness (QED) is 0.363. The molecule has 4 rings (SSSR count). The Morgan fingerprint density at radius 3 is 2.03 bits per heavy atom. The molecule has 2 aromatic carbocycles. The van der Waals surface area contributed by atoms with Crippen LogP contribution >= 0.6 is 0 Å². The number of ether oxygens (including phenoxy) is 1. The van der Waals surface area contributed by atoms with Crippen molar-refractivity contribution in [1.29, 1.82) is 0 Å². The lowest BCUT2D eigenvalue weighted by molar-refractivity contribution is 0.156. The van der Waals surface area contributed by atoms with E-state index < -0.39 is 23.3 Å². The first-order chi connectivity index (χ1) is 16.4. The SMILES string of the molecule is CCOc1ccc(CCC2CCC(C3CCC(c4ccc(C)c(F)c4F)CC3)CC2)c(F)c1F. The van der Waals surface area contributed by atoms with Crippen molar-refractivity contribution in [3.05, 3.63) is 64.2 Å². The van der Waals surface area contributed by atoms with Gasteiger partial charge in [-0.1, -0.05) is 31.0 Å². The molecule has 0 amide bonds. The van der Waals surface area contributed by atoms with Crippen LogP contribution in [0.1, 0.15) is 87.3 Å². The average molecular weight is 477 g/mol. The third kappa shape index (κ3) is 5.44. The first-order valence-electron chi connectivity index (χ1n) is 12.9. The van der Waals surface area contributed by atoms with Gasteiger partial charge in [-0.3, -0.25) is 0 Å². The summed E-state index contributed by atoms with van der Waals surface area (Å²) in [6.07, 6.45) is 10.0. The van der Waals surface area contributed by atoms with Crippen LogP contribution < -0.4 is 4.74 Å². The highest BCUT2D eigenvalue weighted by Gasteiger charge is 2.32. The molecular formula is C29H36F4O. The highest BCUT2D eigenvalue weighted by molar-refractivity contribution is 5.31. The van der Waals surface area contributed by atoms with Crippen LogP contribution in [0.4, 0.5) is 17.6 Å². The Hall–Kier alpha value is -2.04. The Morgan fingerprint density at radius 2 is 1.38 bits per heavy atom. The molecule has 2 fully saturated rings. The number of hydrogen-bond acceptors (Lipinski definition) is 1. The first-order valence-corrected chi connectivity index (χ1v) is 12.9. The van der Waals surface area contributed by atoms with Gasteiger partial charge in [-0.25, -0.2) is 13.2 Å². The van der Waals surface area contributed by atoms with Crippen LogP contribution in [0.5, 0.6) is 5.75 Å². The molecule has 0 aliphatic heterocycles. The van der Waals surface area contributed by atoms with Crippen molar-refractivity contribution in [2.24, 2.45) is 17.8 Å². The molecule has 0 atom stereocenters. The summed E-state index contributed by atoms with van der Waals surface area (Å²) in [6, 6.07) is 6.63. The Morgan fingerprint density at radius 1 is 0.735 bits per heavy atom. The normalized spacial score (nSPS) is 25.4. The van der Waals surface area contributed by atoms with Gasteiger partial charge in [0.1, 0.15) is 0 Å². The van der Waals surface area contributed by atoms with Gasteiger partial charge in [0, 0.05) is 0 Å². The lowest BCUT2D eigenvalue weighted by Crippen LogP contribution is -2.26. The standard InChI is InChI=1S/C29H36F4O/c1-3-34-25-17-15-23(27(31)29(25)33)10-7-19-5-8-20(9-6-19)21-11-13-22(14-12-21)24-16-4-18(2)26(30)28(24)32/h4,15-17,19-22H,3,5-14H2,1-2H3. The van der Waals surface area contributed by atoms with Crippen LogP contribution in [0.25, 0.3) is 0 Å². The Bertz CT molecular complexity index is 973. The van der Waals surface area contributed by atoms with Gasteiger partial charge in [0.2, 0.25) is 5.82 Å². The molecule has 2 aliphatic rings. The minimum absolute atomic E-state index is 0.0192. The monoisotopic (exact) mass is 476 g/mol. The highest BCUT2D eigenvalue weighted by Crippen LogP contribution is 2.45. The number of hydrogen-bond donors (Lipinski definition) is 0. The summed E-state index contributed by atoms with van der Waals surface area (Å²) in [7, 11) is 0. The second-order valence-electron chi connectivity index (χ2n) is 10.3. The van der Waals surface area contributed by atoms with Gasteiger partial charge in [-0.05, 0) is 112 Å². The predicted molar refractivity (Wildman–Crippen MR) is 127 cm³/mol. The molecular weight excluding hydrogens is 440 g/mol. The maximum atomic E-state index is 14.4. The molecule has 0 bridgehead atoms. The van der Waals surface area contributed by atoms with E-state index in [0.717, 1.165) is 44.9 Å². The van der Waals surface area contributed by atoms with Crippen molar-refractivity contribution in [2.75, 3.05) is 6.61 Å². The van der Waals surface area contributed by atoms with Gasteiger partial charge in [0.15, 0.2) is 23.2 Å². The second kappa shape index (κ2) is 11.1. The first kappa shape index (κ1) is 25.1. The smallest absolute Gasteiger partial charge is 0.200 e. The molecule has 0 heterocycles.